The van der Waals surface area contributed by atoms with Crippen LogP contribution in [0.15, 0.2) is 24.3 Å². The van der Waals surface area contributed by atoms with Crippen LogP contribution in [0.4, 0.5) is 5.69 Å². The summed E-state index contributed by atoms with van der Waals surface area (Å²) in [6.45, 7) is 0.472. The average Bonchev–Trinajstić information content (AvgIpc) is 2.73. The Balaban J connectivity index is 2.19. The summed E-state index contributed by atoms with van der Waals surface area (Å²) in [7, 11) is 0.291. The molecule has 1 aromatic carbocycles. The van der Waals surface area contributed by atoms with Crippen molar-refractivity contribution in [2.75, 3.05) is 34.4 Å². The second kappa shape index (κ2) is 14.3. The summed E-state index contributed by atoms with van der Waals surface area (Å²) in [5.41, 5.74) is 0.0160. The number of phosphoric ester groups is 1. The van der Waals surface area contributed by atoms with Gasteiger partial charge in [-0.05, 0) is 25.0 Å². The van der Waals surface area contributed by atoms with Gasteiger partial charge in [0.1, 0.15) is 5.75 Å². The van der Waals surface area contributed by atoms with E-state index in [9.17, 15) is 29.5 Å². The number of benzene rings is 1. The smallest absolute Gasteiger partial charge is 0.472 e. The Morgan fingerprint density at radius 2 is 1.59 bits per heavy atom. The molecule has 2 unspecified atom stereocenters. The third-order valence-electron chi connectivity index (χ3n) is 4.88. The van der Waals surface area contributed by atoms with Crippen LogP contribution in [0, 0.1) is 10.1 Å². The third kappa shape index (κ3) is 12.4. The van der Waals surface area contributed by atoms with Crippen LogP contribution < -0.4 is 4.74 Å². The normalized spacial score (nSPS) is 15.3. The van der Waals surface area contributed by atoms with Crippen LogP contribution in [0.5, 0.6) is 5.75 Å². The lowest BCUT2D eigenvalue weighted by molar-refractivity contribution is -0.922. The van der Waals surface area contributed by atoms with Crippen molar-refractivity contribution in [3.8, 4) is 5.75 Å². The minimum Gasteiger partial charge on any atom is -0.494 e. The van der Waals surface area contributed by atoms with Gasteiger partial charge in [-0.1, -0.05) is 25.7 Å². The number of aliphatic hydroxyl groups excluding tert-OH is 1. The monoisotopic (exact) mass is 507 g/mol. The number of quaternary nitrogens is 1. The summed E-state index contributed by atoms with van der Waals surface area (Å²) in [5, 5.41) is 29.9. The van der Waals surface area contributed by atoms with Gasteiger partial charge in [0.25, 0.3) is 5.69 Å². The maximum absolute atomic E-state index is 12.2. The Labute approximate surface area is 199 Å². The van der Waals surface area contributed by atoms with Crippen LogP contribution in [0.1, 0.15) is 44.9 Å². The van der Waals surface area contributed by atoms with Crippen LogP contribution in [-0.2, 0) is 18.4 Å². The Morgan fingerprint density at radius 1 is 1.06 bits per heavy atom. The first kappa shape index (κ1) is 30.0. The molecule has 1 aromatic rings. The lowest BCUT2D eigenvalue weighted by Gasteiger charge is -2.34. The van der Waals surface area contributed by atoms with Gasteiger partial charge in [0, 0.05) is 12.1 Å². The summed E-state index contributed by atoms with van der Waals surface area (Å²) in [4.78, 5) is 31.1. The van der Waals surface area contributed by atoms with Crippen molar-refractivity contribution in [3.05, 3.63) is 34.4 Å². The number of ether oxygens (including phenoxy) is 1. The van der Waals surface area contributed by atoms with E-state index < -0.39 is 37.5 Å². The zero-order valence-electron chi connectivity index (χ0n) is 19.9. The number of nitro benzene ring substituents is 1. The number of unbranched alkanes of at least 4 members (excludes halogenated alkanes) is 5. The van der Waals surface area contributed by atoms with E-state index in [2.05, 4.69) is 0 Å². The average molecular weight is 507 g/mol. The number of hydrogen-bond acceptors (Lipinski definition) is 8. The number of aliphatic hydroxyl groups is 1. The van der Waals surface area contributed by atoms with Crippen molar-refractivity contribution in [3.63, 3.8) is 0 Å². The van der Waals surface area contributed by atoms with Crippen LogP contribution in [-0.4, -0.2) is 77.2 Å². The van der Waals surface area contributed by atoms with Gasteiger partial charge in [0.15, 0.2) is 6.10 Å². The molecule has 12 nitrogen and oxygen atoms in total. The highest BCUT2D eigenvalue weighted by Gasteiger charge is 2.39. The van der Waals surface area contributed by atoms with E-state index in [0.717, 1.165) is 32.1 Å². The number of non-ortho nitro benzene ring substituents is 1. The maximum Gasteiger partial charge on any atom is 0.472 e. The van der Waals surface area contributed by atoms with Gasteiger partial charge in [0.2, 0.25) is 6.23 Å². The summed E-state index contributed by atoms with van der Waals surface area (Å²) in [6.07, 6.45) is 1.50. The molecule has 0 aliphatic carbocycles. The molecule has 0 aliphatic rings. The molecule has 0 fully saturated rings. The van der Waals surface area contributed by atoms with Gasteiger partial charge in [-0.15, -0.1) is 0 Å². The molecule has 1 rings (SSSR count). The molecule has 34 heavy (non-hydrogen) atoms. The zero-order chi connectivity index (χ0) is 25.8. The number of likely N-dealkylation sites (N-methyl/N-ethyl adjacent to an activating group) is 1. The maximum atomic E-state index is 12.2. The second-order valence-corrected chi connectivity index (χ2v) is 10.2. The molecule has 0 amide bonds. The lowest BCUT2D eigenvalue weighted by Crippen LogP contribution is -2.52. The number of rotatable bonds is 18. The highest BCUT2D eigenvalue weighted by Crippen LogP contribution is 2.46. The molecule has 3 atom stereocenters. The van der Waals surface area contributed by atoms with E-state index in [1.165, 1.54) is 12.1 Å². The minimum atomic E-state index is -4.52. The quantitative estimate of drug-likeness (QED) is 0.0670. The van der Waals surface area contributed by atoms with Crippen molar-refractivity contribution >= 4 is 19.5 Å². The predicted octanol–water partition coefficient (Wildman–Crippen LogP) is 3.32. The number of hydrogen-bond donors (Lipinski definition) is 3. The molecule has 0 saturated heterocycles. The van der Waals surface area contributed by atoms with Crippen molar-refractivity contribution < 1.29 is 47.7 Å². The highest BCUT2D eigenvalue weighted by atomic mass is 31.2. The van der Waals surface area contributed by atoms with Gasteiger partial charge in [-0.3, -0.25) is 24.0 Å². The molecule has 0 bridgehead atoms. The molecule has 0 aliphatic heterocycles. The number of carboxylic acids is 1. The standard InChI is InChI=1S/C21H35N2O10P/c1-23(2,3)21(26)19(16-20(24)25)33-34(29,30)32-15-9-7-5-4-6-8-14-31-18-12-10-17(11-13-18)22(27)28/h10-13,19,21,26H,4-9,14-16H2,1-3H3,(H-,24,25,29,30)/p+1/t19-,21?/m1/s1. The number of phosphoric acid groups is 1. The topological polar surface area (TPSA) is 166 Å². The van der Waals surface area contributed by atoms with Crippen LogP contribution in [0.2, 0.25) is 0 Å². The van der Waals surface area contributed by atoms with Gasteiger partial charge < -0.3 is 24.3 Å². The van der Waals surface area contributed by atoms with Gasteiger partial charge in [-0.2, -0.15) is 0 Å². The molecule has 0 saturated carbocycles. The Kier molecular flexibility index (Phi) is 12.6. The van der Waals surface area contributed by atoms with Crippen LogP contribution >= 0.6 is 7.82 Å². The number of nitrogens with zero attached hydrogens (tertiary/aromatic N) is 2. The summed E-state index contributed by atoms with van der Waals surface area (Å²) >= 11 is 0. The molecular weight excluding hydrogens is 471 g/mol. The fourth-order valence-corrected chi connectivity index (χ4v) is 3.96. The first-order valence-electron chi connectivity index (χ1n) is 11.1. The molecule has 194 valence electrons. The molecule has 0 spiro atoms. The summed E-state index contributed by atoms with van der Waals surface area (Å²) < 4.78 is 27.5. The van der Waals surface area contributed by atoms with E-state index in [4.69, 9.17) is 18.9 Å². The number of aliphatic carboxylic acids is 1. The number of carboxylic acid groups (broad SMARTS) is 1. The number of nitro groups is 1. The van der Waals surface area contributed by atoms with Crippen molar-refractivity contribution in [1.29, 1.82) is 0 Å². The molecule has 3 N–H and O–H groups in total. The molecule has 13 heteroatoms. The van der Waals surface area contributed by atoms with Crippen molar-refractivity contribution in [2.24, 2.45) is 0 Å². The fraction of sp³-hybridized carbons (Fsp3) is 0.667. The molecule has 0 radical (unpaired) electrons. The van der Waals surface area contributed by atoms with Crippen LogP contribution in [0.25, 0.3) is 0 Å². The summed E-state index contributed by atoms with van der Waals surface area (Å²) in [6, 6.07) is 5.92. The zero-order valence-corrected chi connectivity index (χ0v) is 20.8. The fourth-order valence-electron chi connectivity index (χ4n) is 3.01. The van der Waals surface area contributed by atoms with Gasteiger partial charge in [0.05, 0.1) is 45.7 Å². The number of carbonyl (C=O) groups is 1. The second-order valence-electron chi connectivity index (χ2n) is 8.79. The van der Waals surface area contributed by atoms with E-state index in [-0.39, 0.29) is 16.8 Å². The first-order valence-corrected chi connectivity index (χ1v) is 12.6. The van der Waals surface area contributed by atoms with Crippen molar-refractivity contribution in [1.82, 2.24) is 0 Å². The first-order chi connectivity index (χ1) is 15.8. The van der Waals surface area contributed by atoms with Crippen LogP contribution in [0.3, 0.4) is 0 Å². The van der Waals surface area contributed by atoms with Gasteiger partial charge >= 0.3 is 13.8 Å². The van der Waals surface area contributed by atoms with E-state index in [0.29, 0.717) is 18.8 Å². The Bertz CT molecular complexity index is 813. The third-order valence-corrected chi connectivity index (χ3v) is 5.93. The van der Waals surface area contributed by atoms with E-state index >= 15 is 0 Å². The van der Waals surface area contributed by atoms with Gasteiger partial charge in [-0.25, -0.2) is 4.57 Å². The molecular formula is C21H36N2O10P+. The van der Waals surface area contributed by atoms with E-state index in [1.54, 1.807) is 33.3 Å². The summed E-state index contributed by atoms with van der Waals surface area (Å²) in [5.74, 6) is -0.686. The highest BCUT2D eigenvalue weighted by molar-refractivity contribution is 7.47. The lowest BCUT2D eigenvalue weighted by atomic mass is 10.1. The predicted molar refractivity (Wildman–Crippen MR) is 123 cm³/mol. The van der Waals surface area contributed by atoms with Crippen molar-refractivity contribution in [2.45, 2.75) is 57.3 Å². The minimum absolute atomic E-state index is 0.0160. The Hall–Kier alpha value is -2.08. The Morgan fingerprint density at radius 3 is 2.09 bits per heavy atom. The largest absolute Gasteiger partial charge is 0.494 e. The van der Waals surface area contributed by atoms with E-state index in [1.807, 2.05) is 0 Å². The molecule has 0 heterocycles. The molecule has 0 aromatic heterocycles. The SMILES string of the molecule is C[N+](C)(C)C(O)[C@@H](CC(=O)O)OP(=O)(O)OCCCCCCCCOc1ccc([N+](=O)[O-])cc1.